The lowest BCUT2D eigenvalue weighted by Crippen LogP contribution is -2.28. The highest BCUT2D eigenvalue weighted by molar-refractivity contribution is 7.97. The van der Waals surface area contributed by atoms with Crippen LogP contribution in [-0.4, -0.2) is 15.4 Å². The van der Waals surface area contributed by atoms with E-state index >= 15 is 0 Å². The van der Waals surface area contributed by atoms with Crippen LogP contribution in [0.4, 0.5) is 13.2 Å². The highest BCUT2D eigenvalue weighted by atomic mass is 32.2. The summed E-state index contributed by atoms with van der Waals surface area (Å²) in [5, 5.41) is 11.8. The normalized spacial score (nSPS) is 12.3. The molecule has 4 aromatic carbocycles. The Morgan fingerprint density at radius 2 is 1.60 bits per heavy atom. The van der Waals surface area contributed by atoms with E-state index in [1.54, 1.807) is 13.8 Å². The molecular weight excluding hydrogens is 559 g/mol. The maximum Gasteiger partial charge on any atom is 0.449 e. The maximum absolute atomic E-state index is 13.2. The van der Waals surface area contributed by atoms with Gasteiger partial charge >= 0.3 is 12.1 Å². The zero-order valence-electron chi connectivity index (χ0n) is 23.4. The minimum absolute atomic E-state index is 0.164. The molecule has 0 aliphatic carbocycles. The third kappa shape index (κ3) is 6.40. The summed E-state index contributed by atoms with van der Waals surface area (Å²) < 4.78 is 46.9. The van der Waals surface area contributed by atoms with Crippen LogP contribution in [0.25, 0.3) is 21.9 Å². The van der Waals surface area contributed by atoms with Gasteiger partial charge in [-0.25, -0.2) is 4.31 Å². The van der Waals surface area contributed by atoms with Crippen molar-refractivity contribution in [2.24, 2.45) is 0 Å². The van der Waals surface area contributed by atoms with Crippen LogP contribution >= 0.6 is 11.9 Å². The molecule has 0 aliphatic heterocycles. The Bertz CT molecular complexity index is 1720. The summed E-state index contributed by atoms with van der Waals surface area (Å²) in [6.45, 7) is 5.99. The average molecular weight is 590 g/mol. The SMILES string of the molecule is Cc1ccc2ccccc2c1SN(Cc1ccc(-c2cccc(C(C)(C)C(=O)O)c2)cc1)Cc1ccc(C(F)(F)F)o1. The number of benzene rings is 4. The fourth-order valence-corrected chi connectivity index (χ4v) is 5.89. The molecule has 0 spiro atoms. The second-order valence-corrected chi connectivity index (χ2v) is 11.9. The number of nitrogens with zero attached hydrogens (tertiary/aromatic N) is 1. The Morgan fingerprint density at radius 3 is 2.29 bits per heavy atom. The zero-order valence-corrected chi connectivity index (χ0v) is 24.2. The maximum atomic E-state index is 13.2. The summed E-state index contributed by atoms with van der Waals surface area (Å²) in [5.74, 6) is -1.68. The largest absolute Gasteiger partial charge is 0.481 e. The van der Waals surface area contributed by atoms with E-state index in [0.29, 0.717) is 12.1 Å². The van der Waals surface area contributed by atoms with Crippen molar-refractivity contribution in [2.45, 2.75) is 50.3 Å². The van der Waals surface area contributed by atoms with Gasteiger partial charge in [-0.15, -0.1) is 0 Å². The van der Waals surface area contributed by atoms with Gasteiger partial charge in [0.25, 0.3) is 0 Å². The molecule has 5 rings (SSSR count). The fourth-order valence-electron chi connectivity index (χ4n) is 4.73. The number of carboxylic acid groups (broad SMARTS) is 1. The molecule has 216 valence electrons. The van der Waals surface area contributed by atoms with Crippen molar-refractivity contribution in [1.29, 1.82) is 0 Å². The van der Waals surface area contributed by atoms with E-state index in [1.807, 2.05) is 90.1 Å². The van der Waals surface area contributed by atoms with Gasteiger partial charge in [0.15, 0.2) is 0 Å². The van der Waals surface area contributed by atoms with Gasteiger partial charge < -0.3 is 9.52 Å². The van der Waals surface area contributed by atoms with Gasteiger partial charge in [-0.2, -0.15) is 13.2 Å². The fraction of sp³-hybridized carbons (Fsp3) is 0.206. The molecule has 5 aromatic rings. The number of hydrogen-bond acceptors (Lipinski definition) is 4. The second kappa shape index (κ2) is 11.7. The molecule has 0 fully saturated rings. The lowest BCUT2D eigenvalue weighted by molar-refractivity contribution is -0.153. The van der Waals surface area contributed by atoms with Gasteiger partial charge in [-0.3, -0.25) is 4.79 Å². The number of furan rings is 1. The van der Waals surface area contributed by atoms with Crippen molar-refractivity contribution in [1.82, 2.24) is 4.31 Å². The molecule has 8 heteroatoms. The molecule has 1 N–H and O–H groups in total. The summed E-state index contributed by atoms with van der Waals surface area (Å²) >= 11 is 1.50. The molecule has 0 saturated carbocycles. The quantitative estimate of drug-likeness (QED) is 0.174. The predicted octanol–water partition coefficient (Wildman–Crippen LogP) is 9.50. The van der Waals surface area contributed by atoms with Crippen LogP contribution in [-0.2, 0) is 29.5 Å². The van der Waals surface area contributed by atoms with E-state index in [4.69, 9.17) is 4.42 Å². The number of halogens is 3. The minimum Gasteiger partial charge on any atom is -0.481 e. The summed E-state index contributed by atoms with van der Waals surface area (Å²) in [4.78, 5) is 12.8. The molecule has 0 bridgehead atoms. The summed E-state index contributed by atoms with van der Waals surface area (Å²) in [6.07, 6.45) is -4.55. The van der Waals surface area contributed by atoms with E-state index in [0.717, 1.165) is 44.0 Å². The van der Waals surface area contributed by atoms with Crippen LogP contribution < -0.4 is 0 Å². The summed E-state index contributed by atoms with van der Waals surface area (Å²) in [6, 6.07) is 29.9. The van der Waals surface area contributed by atoms with Gasteiger partial charge in [-0.1, -0.05) is 84.9 Å². The van der Waals surface area contributed by atoms with Crippen molar-refractivity contribution in [2.75, 3.05) is 0 Å². The Labute approximate surface area is 246 Å². The van der Waals surface area contributed by atoms with Crippen LogP contribution in [0.1, 0.15) is 42.1 Å². The van der Waals surface area contributed by atoms with Crippen molar-refractivity contribution in [3.63, 3.8) is 0 Å². The first-order valence-corrected chi connectivity index (χ1v) is 14.2. The second-order valence-electron chi connectivity index (χ2n) is 10.8. The molecule has 42 heavy (non-hydrogen) atoms. The highest BCUT2D eigenvalue weighted by Gasteiger charge is 2.35. The van der Waals surface area contributed by atoms with Crippen molar-refractivity contribution < 1.29 is 27.5 Å². The van der Waals surface area contributed by atoms with Crippen LogP contribution in [0, 0.1) is 6.92 Å². The zero-order chi connectivity index (χ0) is 30.1. The van der Waals surface area contributed by atoms with Crippen LogP contribution in [0.2, 0.25) is 0 Å². The highest BCUT2D eigenvalue weighted by Crippen LogP contribution is 2.37. The molecule has 1 aromatic heterocycles. The molecule has 0 atom stereocenters. The van der Waals surface area contributed by atoms with Gasteiger partial charge in [0.1, 0.15) is 5.76 Å². The van der Waals surface area contributed by atoms with Gasteiger partial charge in [0.05, 0.1) is 12.0 Å². The molecule has 0 unspecified atom stereocenters. The third-order valence-corrected chi connectivity index (χ3v) is 8.58. The van der Waals surface area contributed by atoms with E-state index in [1.165, 1.54) is 18.0 Å². The first-order chi connectivity index (χ1) is 19.9. The lowest BCUT2D eigenvalue weighted by atomic mass is 9.83. The van der Waals surface area contributed by atoms with Crippen molar-refractivity contribution in [3.05, 3.63) is 125 Å². The number of carboxylic acids is 1. The van der Waals surface area contributed by atoms with Crippen molar-refractivity contribution in [3.8, 4) is 11.1 Å². The van der Waals surface area contributed by atoms with Gasteiger partial charge in [0.2, 0.25) is 5.76 Å². The summed E-state index contributed by atoms with van der Waals surface area (Å²) in [7, 11) is 0. The number of rotatable bonds is 9. The molecule has 0 amide bonds. The van der Waals surface area contributed by atoms with Crippen LogP contribution in [0.5, 0.6) is 0 Å². The Hall–Kier alpha value is -4.01. The van der Waals surface area contributed by atoms with Crippen LogP contribution in [0.3, 0.4) is 0 Å². The molecule has 0 aliphatic rings. The monoisotopic (exact) mass is 589 g/mol. The number of hydrogen-bond donors (Lipinski definition) is 1. The number of aliphatic carboxylic acids is 1. The molecule has 4 nitrogen and oxygen atoms in total. The van der Waals surface area contributed by atoms with Gasteiger partial charge in [0, 0.05) is 11.4 Å². The predicted molar refractivity (Wildman–Crippen MR) is 160 cm³/mol. The summed E-state index contributed by atoms with van der Waals surface area (Å²) in [5.41, 5.74) is 3.56. The lowest BCUT2D eigenvalue weighted by Gasteiger charge is -2.23. The number of fused-ring (bicyclic) bond motifs is 1. The van der Waals surface area contributed by atoms with E-state index in [9.17, 15) is 23.1 Å². The Morgan fingerprint density at radius 1 is 0.857 bits per heavy atom. The average Bonchev–Trinajstić information content (AvgIpc) is 3.44. The number of carbonyl (C=O) groups is 1. The smallest absolute Gasteiger partial charge is 0.449 e. The molecule has 0 radical (unpaired) electrons. The third-order valence-electron chi connectivity index (χ3n) is 7.34. The van der Waals surface area contributed by atoms with E-state index in [-0.39, 0.29) is 12.3 Å². The van der Waals surface area contributed by atoms with Crippen molar-refractivity contribution >= 4 is 28.7 Å². The Kier molecular flexibility index (Phi) is 8.21. The number of alkyl halides is 3. The first kappa shape index (κ1) is 29.5. The number of aryl methyl sites for hydroxylation is 1. The van der Waals surface area contributed by atoms with Gasteiger partial charge in [-0.05, 0) is 83.4 Å². The molecular formula is C34H30F3NO3S. The van der Waals surface area contributed by atoms with E-state index < -0.39 is 23.3 Å². The molecule has 0 saturated heterocycles. The first-order valence-electron chi connectivity index (χ1n) is 13.4. The Balaban J connectivity index is 1.43. The standard InChI is InChI=1S/C34H30F3NO3S/c1-22-11-14-25-7-4-5-10-29(25)31(22)42-38(21-28-17-18-30(41-28)34(35,36)37)20-23-12-15-24(16-13-23)26-8-6-9-27(19-26)33(2,3)32(39)40/h4-19H,20-21H2,1-3H3,(H,39,40). The topological polar surface area (TPSA) is 53.7 Å². The van der Waals surface area contributed by atoms with E-state index in [2.05, 4.69) is 6.07 Å². The minimum atomic E-state index is -4.55. The van der Waals surface area contributed by atoms with Crippen LogP contribution in [0.15, 0.2) is 106 Å². The molecule has 1 heterocycles.